The van der Waals surface area contributed by atoms with Gasteiger partial charge in [-0.2, -0.15) is 8.42 Å². The highest BCUT2D eigenvalue weighted by atomic mass is 35.5. The average molecular weight is 449 g/mol. The van der Waals surface area contributed by atoms with Gasteiger partial charge < -0.3 is 15.1 Å². The van der Waals surface area contributed by atoms with E-state index in [-0.39, 0.29) is 28.0 Å². The number of hydrogen-bond donors (Lipinski definition) is 2. The molecule has 2 heterocycles. The van der Waals surface area contributed by atoms with Crippen molar-refractivity contribution in [3.8, 4) is 0 Å². The van der Waals surface area contributed by atoms with Crippen molar-refractivity contribution in [2.75, 3.05) is 11.9 Å². The summed E-state index contributed by atoms with van der Waals surface area (Å²) >= 11 is 5.85. The molecule has 0 saturated heterocycles. The largest absolute Gasteiger partial charge is 0.448 e. The van der Waals surface area contributed by atoms with Gasteiger partial charge in [0.1, 0.15) is 17.0 Å². The molecule has 11 heteroatoms. The first kappa shape index (κ1) is 20.0. The Morgan fingerprint density at radius 1 is 1.23 bits per heavy atom. The van der Waals surface area contributed by atoms with Crippen molar-refractivity contribution in [3.05, 3.63) is 77.2 Å². The minimum absolute atomic E-state index is 0.0131. The maximum absolute atomic E-state index is 13.3. The number of benzene rings is 2. The molecular weight excluding hydrogens is 435 g/mol. The van der Waals surface area contributed by atoms with Crippen LogP contribution in [0.15, 0.2) is 68.6 Å². The van der Waals surface area contributed by atoms with E-state index in [1.807, 2.05) is 0 Å². The van der Waals surface area contributed by atoms with Crippen molar-refractivity contribution >= 4 is 39.1 Å². The molecule has 1 atom stereocenters. The van der Waals surface area contributed by atoms with E-state index in [1.165, 1.54) is 42.8 Å². The van der Waals surface area contributed by atoms with Gasteiger partial charge in [0, 0.05) is 11.6 Å². The van der Waals surface area contributed by atoms with Crippen LogP contribution in [0.1, 0.15) is 17.4 Å². The minimum Gasteiger partial charge on any atom is -0.448 e. The van der Waals surface area contributed by atoms with Gasteiger partial charge in [-0.05, 0) is 35.9 Å². The molecule has 0 fully saturated rings. The summed E-state index contributed by atoms with van der Waals surface area (Å²) < 4.78 is 46.9. The Kier molecular flexibility index (Phi) is 5.27. The molecule has 0 aliphatic carbocycles. The zero-order chi connectivity index (χ0) is 21.3. The second-order valence-corrected chi connectivity index (χ2v) is 8.37. The average Bonchev–Trinajstić information content (AvgIpc) is 3.24. The molecule has 154 valence electrons. The van der Waals surface area contributed by atoms with E-state index in [1.54, 1.807) is 12.1 Å². The van der Waals surface area contributed by atoms with Crippen LogP contribution in [0.5, 0.6) is 0 Å². The number of nitrogens with one attached hydrogen (secondary N) is 2. The maximum Gasteiger partial charge on any atom is 0.287 e. The van der Waals surface area contributed by atoms with Crippen LogP contribution >= 0.6 is 11.6 Å². The molecule has 0 saturated carbocycles. The van der Waals surface area contributed by atoms with E-state index in [4.69, 9.17) is 16.0 Å². The Labute approximate surface area is 175 Å². The van der Waals surface area contributed by atoms with Gasteiger partial charge in [0.15, 0.2) is 0 Å². The van der Waals surface area contributed by atoms with Gasteiger partial charge in [0.25, 0.3) is 15.9 Å². The summed E-state index contributed by atoms with van der Waals surface area (Å²) in [7, 11) is -4.09. The van der Waals surface area contributed by atoms with Crippen molar-refractivity contribution < 1.29 is 22.0 Å². The molecule has 1 aromatic heterocycles. The van der Waals surface area contributed by atoms with Crippen LogP contribution in [0, 0.1) is 5.82 Å². The van der Waals surface area contributed by atoms with E-state index in [2.05, 4.69) is 20.0 Å². The summed E-state index contributed by atoms with van der Waals surface area (Å²) in [5, 5.41) is 5.55. The fourth-order valence-corrected chi connectivity index (χ4v) is 4.34. The SMILES string of the molecule is O=C(NCC(c1ccc(F)cc1)c1ncco1)C1=NS(=O)(=O)c2cc(Cl)ccc2N1. The molecule has 30 heavy (non-hydrogen) atoms. The van der Waals surface area contributed by atoms with Crippen LogP contribution in [0.2, 0.25) is 5.02 Å². The fourth-order valence-electron chi connectivity index (χ4n) is 2.96. The van der Waals surface area contributed by atoms with E-state index in [0.717, 1.165) is 0 Å². The third-order valence-corrected chi connectivity index (χ3v) is 5.94. The number of nitrogens with zero attached hydrogens (tertiary/aromatic N) is 2. The van der Waals surface area contributed by atoms with Crippen LogP contribution in [0.25, 0.3) is 0 Å². The summed E-state index contributed by atoms with van der Waals surface area (Å²) in [5.41, 5.74) is 0.854. The zero-order valence-corrected chi connectivity index (χ0v) is 16.7. The number of hydrogen-bond acceptors (Lipinski definition) is 6. The van der Waals surface area contributed by atoms with Gasteiger partial charge in [-0.3, -0.25) is 4.79 Å². The number of halogens is 2. The first-order valence-corrected chi connectivity index (χ1v) is 10.5. The lowest BCUT2D eigenvalue weighted by Crippen LogP contribution is -2.40. The smallest absolute Gasteiger partial charge is 0.287 e. The molecule has 2 aromatic carbocycles. The number of oxazole rings is 1. The van der Waals surface area contributed by atoms with Crippen LogP contribution in [-0.4, -0.2) is 31.7 Å². The number of amidine groups is 1. The number of carbonyl (C=O) groups excluding carboxylic acids is 1. The summed E-state index contributed by atoms with van der Waals surface area (Å²) in [5.74, 6) is -1.73. The topological polar surface area (TPSA) is 114 Å². The van der Waals surface area contributed by atoms with Crippen LogP contribution in [0.3, 0.4) is 0 Å². The van der Waals surface area contributed by atoms with Gasteiger partial charge in [-0.25, -0.2) is 9.37 Å². The van der Waals surface area contributed by atoms with Gasteiger partial charge in [-0.15, -0.1) is 4.40 Å². The fraction of sp³-hybridized carbons (Fsp3) is 0.105. The van der Waals surface area contributed by atoms with Crippen LogP contribution in [0.4, 0.5) is 10.1 Å². The Morgan fingerprint density at radius 3 is 2.70 bits per heavy atom. The van der Waals surface area contributed by atoms with Crippen molar-refractivity contribution in [2.45, 2.75) is 10.8 Å². The Morgan fingerprint density at radius 2 is 2.00 bits per heavy atom. The van der Waals surface area contributed by atoms with Crippen molar-refractivity contribution in [2.24, 2.45) is 4.40 Å². The number of anilines is 1. The first-order valence-electron chi connectivity index (χ1n) is 8.68. The molecule has 1 unspecified atom stereocenters. The van der Waals surface area contributed by atoms with Crippen molar-refractivity contribution in [1.29, 1.82) is 0 Å². The van der Waals surface area contributed by atoms with E-state index in [9.17, 15) is 17.6 Å². The van der Waals surface area contributed by atoms with E-state index < -0.39 is 27.7 Å². The Bertz CT molecular complexity index is 1230. The summed E-state index contributed by atoms with van der Waals surface area (Å²) in [4.78, 5) is 16.6. The summed E-state index contributed by atoms with van der Waals surface area (Å²) in [6, 6.07) is 9.88. The molecule has 1 aliphatic heterocycles. The van der Waals surface area contributed by atoms with Gasteiger partial charge in [0.2, 0.25) is 11.7 Å². The predicted octanol–water partition coefficient (Wildman–Crippen LogP) is 2.93. The molecule has 3 aromatic rings. The summed E-state index contributed by atoms with van der Waals surface area (Å²) in [6.45, 7) is 0.0131. The molecular formula is C19H14ClFN4O4S. The molecule has 4 rings (SSSR count). The quantitative estimate of drug-likeness (QED) is 0.620. The van der Waals surface area contributed by atoms with Gasteiger partial charge in [-0.1, -0.05) is 23.7 Å². The third-order valence-electron chi connectivity index (χ3n) is 4.39. The van der Waals surface area contributed by atoms with Crippen molar-refractivity contribution in [3.63, 3.8) is 0 Å². The summed E-state index contributed by atoms with van der Waals surface area (Å²) in [6.07, 6.45) is 2.84. The lowest BCUT2D eigenvalue weighted by atomic mass is 9.99. The molecule has 2 N–H and O–H groups in total. The predicted molar refractivity (Wildman–Crippen MR) is 107 cm³/mol. The highest BCUT2D eigenvalue weighted by molar-refractivity contribution is 7.90. The normalized spacial score (nSPS) is 15.5. The highest BCUT2D eigenvalue weighted by Gasteiger charge is 2.29. The third kappa shape index (κ3) is 4.05. The minimum atomic E-state index is -4.09. The maximum atomic E-state index is 13.3. The van der Waals surface area contributed by atoms with Gasteiger partial charge >= 0.3 is 0 Å². The molecule has 0 radical (unpaired) electrons. The van der Waals surface area contributed by atoms with E-state index >= 15 is 0 Å². The number of sulfonamides is 1. The van der Waals surface area contributed by atoms with Crippen molar-refractivity contribution in [1.82, 2.24) is 10.3 Å². The molecule has 1 amide bonds. The molecule has 0 spiro atoms. The second-order valence-electron chi connectivity index (χ2n) is 6.36. The molecule has 8 nitrogen and oxygen atoms in total. The number of aromatic nitrogens is 1. The van der Waals surface area contributed by atoms with Crippen LogP contribution in [-0.2, 0) is 14.8 Å². The lowest BCUT2D eigenvalue weighted by molar-refractivity contribution is -0.114. The second kappa shape index (κ2) is 7.88. The Balaban J connectivity index is 1.55. The number of carbonyl (C=O) groups is 1. The standard InChI is InChI=1S/C19H14ClFN4O4S/c20-12-3-6-15-16(9-12)30(27,28)25-17(24-15)18(26)23-10-14(19-22-7-8-29-19)11-1-4-13(21)5-2-11/h1-9,14H,10H2,(H,23,26)(H,24,25). The molecule has 0 bridgehead atoms. The first-order chi connectivity index (χ1) is 14.3. The number of fused-ring (bicyclic) bond motifs is 1. The number of rotatable bonds is 5. The number of amides is 1. The Hall–Kier alpha value is -3.24. The zero-order valence-electron chi connectivity index (χ0n) is 15.2. The lowest BCUT2D eigenvalue weighted by Gasteiger charge is -2.19. The van der Waals surface area contributed by atoms with Gasteiger partial charge in [0.05, 0.1) is 17.8 Å². The van der Waals surface area contributed by atoms with Crippen LogP contribution < -0.4 is 10.6 Å². The monoisotopic (exact) mass is 448 g/mol. The molecule has 1 aliphatic rings. The highest BCUT2D eigenvalue weighted by Crippen LogP contribution is 2.30. The van der Waals surface area contributed by atoms with E-state index in [0.29, 0.717) is 11.5 Å².